The second-order valence-electron chi connectivity index (χ2n) is 4.84. The molecule has 0 heterocycles. The molecule has 0 amide bonds. The standard InChI is InChI=1S/C17H21OP/c1-2-3-4-7-13-19-17(18)16-12-8-10-14-9-5-6-11-15(14)16/h5-6,8-12,19H,2-4,7,13H2,1H3. The summed E-state index contributed by atoms with van der Waals surface area (Å²) >= 11 is 0. The number of hydrogen-bond acceptors (Lipinski definition) is 1. The molecular formula is C17H21OP. The number of fused-ring (bicyclic) bond motifs is 1. The average molecular weight is 272 g/mol. The van der Waals surface area contributed by atoms with E-state index in [1.807, 2.05) is 30.3 Å². The number of benzene rings is 2. The molecule has 0 radical (unpaired) electrons. The molecule has 0 aliphatic carbocycles. The van der Waals surface area contributed by atoms with E-state index in [0.717, 1.165) is 22.5 Å². The zero-order valence-corrected chi connectivity index (χ0v) is 12.5. The molecule has 2 heteroatoms. The zero-order valence-electron chi connectivity index (χ0n) is 11.5. The molecule has 1 nitrogen and oxygen atoms in total. The molecule has 1 atom stereocenters. The van der Waals surface area contributed by atoms with Crippen molar-refractivity contribution in [2.24, 2.45) is 0 Å². The number of carbonyl (C=O) groups excluding carboxylic acids is 1. The summed E-state index contributed by atoms with van der Waals surface area (Å²) in [5.74, 6) is 0. The highest BCUT2D eigenvalue weighted by atomic mass is 31.1. The zero-order chi connectivity index (χ0) is 13.5. The Hall–Kier alpha value is -1.20. The van der Waals surface area contributed by atoms with Gasteiger partial charge in [-0.25, -0.2) is 0 Å². The second-order valence-corrected chi connectivity index (χ2v) is 6.15. The van der Waals surface area contributed by atoms with Gasteiger partial charge in [0.05, 0.1) is 0 Å². The maximum absolute atomic E-state index is 12.3. The number of rotatable bonds is 7. The number of hydrogen-bond donors (Lipinski definition) is 0. The summed E-state index contributed by atoms with van der Waals surface area (Å²) in [5, 5.41) is 2.25. The van der Waals surface area contributed by atoms with Gasteiger partial charge in [0.15, 0.2) is 5.52 Å². The van der Waals surface area contributed by atoms with Gasteiger partial charge in [0.2, 0.25) is 0 Å². The van der Waals surface area contributed by atoms with E-state index in [-0.39, 0.29) is 0 Å². The van der Waals surface area contributed by atoms with Gasteiger partial charge in [0, 0.05) is 5.56 Å². The Morgan fingerprint density at radius 1 is 1.00 bits per heavy atom. The Balaban J connectivity index is 2.01. The third-order valence-corrected chi connectivity index (χ3v) is 4.54. The molecule has 2 aromatic rings. The number of unbranched alkanes of at least 4 members (excludes halogenated alkanes) is 3. The predicted molar refractivity (Wildman–Crippen MR) is 85.6 cm³/mol. The highest BCUT2D eigenvalue weighted by Gasteiger charge is 2.08. The average Bonchev–Trinajstić information content (AvgIpc) is 2.46. The van der Waals surface area contributed by atoms with E-state index in [1.165, 1.54) is 25.7 Å². The van der Waals surface area contributed by atoms with Crippen molar-refractivity contribution in [2.75, 3.05) is 6.16 Å². The maximum Gasteiger partial charge on any atom is 0.181 e. The summed E-state index contributed by atoms with van der Waals surface area (Å²) in [7, 11) is 0.419. The Bertz CT molecular complexity index is 542. The van der Waals surface area contributed by atoms with E-state index >= 15 is 0 Å². The number of carbonyl (C=O) groups is 1. The van der Waals surface area contributed by atoms with Gasteiger partial charge in [-0.3, -0.25) is 4.79 Å². The van der Waals surface area contributed by atoms with E-state index in [1.54, 1.807) is 0 Å². The van der Waals surface area contributed by atoms with Gasteiger partial charge in [-0.1, -0.05) is 68.7 Å². The van der Waals surface area contributed by atoms with Crippen molar-refractivity contribution in [2.45, 2.75) is 32.6 Å². The van der Waals surface area contributed by atoms with E-state index in [9.17, 15) is 4.79 Å². The van der Waals surface area contributed by atoms with Gasteiger partial charge in [0.1, 0.15) is 0 Å². The van der Waals surface area contributed by atoms with Gasteiger partial charge in [-0.2, -0.15) is 0 Å². The molecule has 2 aromatic carbocycles. The SMILES string of the molecule is CCCCCCPC(=O)c1cccc2ccccc12. The van der Waals surface area contributed by atoms with Gasteiger partial charge in [-0.05, 0) is 31.9 Å². The van der Waals surface area contributed by atoms with Crippen LogP contribution in [-0.4, -0.2) is 11.7 Å². The van der Waals surface area contributed by atoms with E-state index in [4.69, 9.17) is 0 Å². The van der Waals surface area contributed by atoms with Crippen LogP contribution in [0.15, 0.2) is 42.5 Å². The molecule has 2 rings (SSSR count). The molecule has 0 fully saturated rings. The summed E-state index contributed by atoms with van der Waals surface area (Å²) in [6, 6.07) is 14.1. The molecule has 19 heavy (non-hydrogen) atoms. The van der Waals surface area contributed by atoms with Crippen molar-refractivity contribution in [3.8, 4) is 0 Å². The largest absolute Gasteiger partial charge is 0.289 e. The minimum absolute atomic E-state index is 0.313. The molecule has 0 spiro atoms. The van der Waals surface area contributed by atoms with Crippen molar-refractivity contribution in [3.63, 3.8) is 0 Å². The fraction of sp³-hybridized carbons (Fsp3) is 0.353. The van der Waals surface area contributed by atoms with Crippen LogP contribution in [-0.2, 0) is 0 Å². The van der Waals surface area contributed by atoms with Crippen LogP contribution in [0.2, 0.25) is 0 Å². The van der Waals surface area contributed by atoms with Gasteiger partial charge >= 0.3 is 0 Å². The molecule has 0 saturated heterocycles. The molecular weight excluding hydrogens is 251 g/mol. The van der Waals surface area contributed by atoms with Crippen LogP contribution < -0.4 is 0 Å². The first kappa shape index (κ1) is 14.2. The van der Waals surface area contributed by atoms with Gasteiger partial charge in [-0.15, -0.1) is 0 Å². The van der Waals surface area contributed by atoms with Crippen molar-refractivity contribution in [3.05, 3.63) is 48.0 Å². The Morgan fingerprint density at radius 3 is 2.63 bits per heavy atom. The van der Waals surface area contributed by atoms with Crippen LogP contribution >= 0.6 is 8.58 Å². The molecule has 0 N–H and O–H groups in total. The first-order valence-electron chi connectivity index (χ1n) is 7.09. The highest BCUT2D eigenvalue weighted by Crippen LogP contribution is 2.26. The first-order valence-corrected chi connectivity index (χ1v) is 8.29. The Labute approximate surface area is 117 Å². The fourth-order valence-corrected chi connectivity index (χ4v) is 3.33. The van der Waals surface area contributed by atoms with E-state index < -0.39 is 0 Å². The van der Waals surface area contributed by atoms with Gasteiger partial charge in [0.25, 0.3) is 0 Å². The molecule has 100 valence electrons. The fourth-order valence-electron chi connectivity index (χ4n) is 2.27. The normalized spacial score (nSPS) is 11.4. The van der Waals surface area contributed by atoms with E-state index in [0.29, 0.717) is 14.1 Å². The Kier molecular flexibility index (Phi) is 5.54. The van der Waals surface area contributed by atoms with Crippen LogP contribution in [0.4, 0.5) is 0 Å². The minimum atomic E-state index is 0.313. The smallest absolute Gasteiger partial charge is 0.181 e. The molecule has 0 aromatic heterocycles. The van der Waals surface area contributed by atoms with Crippen LogP contribution in [0, 0.1) is 0 Å². The lowest BCUT2D eigenvalue weighted by molar-refractivity contribution is 0.108. The van der Waals surface area contributed by atoms with Crippen molar-refractivity contribution in [1.82, 2.24) is 0 Å². The lowest BCUT2D eigenvalue weighted by atomic mass is 10.1. The molecule has 0 bridgehead atoms. The van der Waals surface area contributed by atoms with Gasteiger partial charge < -0.3 is 0 Å². The summed E-state index contributed by atoms with van der Waals surface area (Å²) < 4.78 is 0. The lowest BCUT2D eigenvalue weighted by Gasteiger charge is -2.05. The van der Waals surface area contributed by atoms with E-state index in [2.05, 4.69) is 19.1 Å². The van der Waals surface area contributed by atoms with Crippen LogP contribution in [0.25, 0.3) is 10.8 Å². The predicted octanol–water partition coefficient (Wildman–Crippen LogP) is 5.24. The third kappa shape index (κ3) is 3.88. The maximum atomic E-state index is 12.3. The second kappa shape index (κ2) is 7.40. The molecule has 0 aliphatic heterocycles. The van der Waals surface area contributed by atoms with Crippen molar-refractivity contribution >= 4 is 24.9 Å². The highest BCUT2D eigenvalue weighted by molar-refractivity contribution is 7.58. The molecule has 1 unspecified atom stereocenters. The van der Waals surface area contributed by atoms with Crippen molar-refractivity contribution < 1.29 is 4.79 Å². The first-order chi connectivity index (χ1) is 9.33. The lowest BCUT2D eigenvalue weighted by Crippen LogP contribution is -1.94. The molecule has 0 aliphatic rings. The van der Waals surface area contributed by atoms with Crippen LogP contribution in [0.3, 0.4) is 0 Å². The van der Waals surface area contributed by atoms with Crippen molar-refractivity contribution in [1.29, 1.82) is 0 Å². The topological polar surface area (TPSA) is 17.1 Å². The summed E-state index contributed by atoms with van der Waals surface area (Å²) in [6.07, 6.45) is 6.02. The van der Waals surface area contributed by atoms with Crippen LogP contribution in [0.1, 0.15) is 43.0 Å². The summed E-state index contributed by atoms with van der Waals surface area (Å²) in [4.78, 5) is 12.3. The monoisotopic (exact) mass is 272 g/mol. The Morgan fingerprint density at radius 2 is 1.79 bits per heavy atom. The quantitative estimate of drug-likeness (QED) is 0.497. The summed E-state index contributed by atoms with van der Waals surface area (Å²) in [6.45, 7) is 2.21. The minimum Gasteiger partial charge on any atom is -0.289 e. The third-order valence-electron chi connectivity index (χ3n) is 3.35. The van der Waals surface area contributed by atoms with Crippen LogP contribution in [0.5, 0.6) is 0 Å². The molecule has 0 saturated carbocycles. The summed E-state index contributed by atoms with van der Waals surface area (Å²) in [5.41, 5.74) is 1.21.